The van der Waals surface area contributed by atoms with E-state index in [4.69, 9.17) is 4.74 Å². The molecule has 0 bridgehead atoms. The molecule has 0 aliphatic rings. The summed E-state index contributed by atoms with van der Waals surface area (Å²) in [5.74, 6) is 0.660. The van der Waals surface area contributed by atoms with Crippen molar-refractivity contribution in [3.05, 3.63) is 48.5 Å². The van der Waals surface area contributed by atoms with Crippen molar-refractivity contribution >= 4 is 57.1 Å². The Morgan fingerprint density at radius 3 is 2.45 bits per heavy atom. The van der Waals surface area contributed by atoms with E-state index in [9.17, 15) is 9.59 Å². The summed E-state index contributed by atoms with van der Waals surface area (Å²) in [7, 11) is 1.61. The second-order valence-corrected chi connectivity index (χ2v) is 8.03. The molecule has 0 saturated heterocycles. The van der Waals surface area contributed by atoms with Crippen LogP contribution in [-0.2, 0) is 9.59 Å². The van der Waals surface area contributed by atoms with E-state index in [0.717, 1.165) is 11.4 Å². The lowest BCUT2D eigenvalue weighted by molar-refractivity contribution is -0.114. The van der Waals surface area contributed by atoms with E-state index in [0.29, 0.717) is 20.8 Å². The lowest BCUT2D eigenvalue weighted by Gasteiger charge is -2.06. The van der Waals surface area contributed by atoms with E-state index < -0.39 is 0 Å². The summed E-state index contributed by atoms with van der Waals surface area (Å²) in [5, 5.41) is 17.5. The van der Waals surface area contributed by atoms with Gasteiger partial charge in [0.1, 0.15) is 5.75 Å². The van der Waals surface area contributed by atoms with Gasteiger partial charge in [-0.05, 0) is 36.4 Å². The Labute approximate surface area is 176 Å². The maximum atomic E-state index is 12.1. The van der Waals surface area contributed by atoms with Crippen LogP contribution in [0.2, 0.25) is 0 Å². The molecule has 2 aromatic carbocycles. The topological polar surface area (TPSA) is 105 Å². The molecule has 29 heavy (non-hydrogen) atoms. The zero-order valence-corrected chi connectivity index (χ0v) is 17.4. The van der Waals surface area contributed by atoms with Crippen molar-refractivity contribution in [2.75, 3.05) is 28.8 Å². The SMILES string of the molecule is COc1cccc(Nc2nnc(SCC(=O)Nc3ccc(NC(C)=O)cc3)s2)c1. The van der Waals surface area contributed by atoms with E-state index in [1.165, 1.54) is 30.0 Å². The van der Waals surface area contributed by atoms with Crippen LogP contribution >= 0.6 is 23.1 Å². The van der Waals surface area contributed by atoms with Gasteiger partial charge in [-0.15, -0.1) is 10.2 Å². The van der Waals surface area contributed by atoms with Gasteiger partial charge in [0.25, 0.3) is 0 Å². The van der Waals surface area contributed by atoms with Gasteiger partial charge in [-0.25, -0.2) is 0 Å². The van der Waals surface area contributed by atoms with Gasteiger partial charge in [0, 0.05) is 30.1 Å². The molecule has 0 unspecified atom stereocenters. The molecule has 3 rings (SSSR count). The Balaban J connectivity index is 1.48. The minimum Gasteiger partial charge on any atom is -0.497 e. The maximum Gasteiger partial charge on any atom is 0.234 e. The average molecular weight is 430 g/mol. The van der Waals surface area contributed by atoms with Crippen LogP contribution in [0.3, 0.4) is 0 Å². The van der Waals surface area contributed by atoms with Crippen LogP contribution in [0.15, 0.2) is 52.9 Å². The molecule has 1 aromatic heterocycles. The first kappa shape index (κ1) is 20.6. The Morgan fingerprint density at radius 2 is 1.76 bits per heavy atom. The van der Waals surface area contributed by atoms with E-state index >= 15 is 0 Å². The number of nitrogens with zero attached hydrogens (tertiary/aromatic N) is 2. The Morgan fingerprint density at radius 1 is 1.03 bits per heavy atom. The quantitative estimate of drug-likeness (QED) is 0.465. The number of nitrogens with one attached hydrogen (secondary N) is 3. The Bertz CT molecular complexity index is 992. The van der Waals surface area contributed by atoms with Gasteiger partial charge in [-0.1, -0.05) is 29.2 Å². The number of anilines is 4. The molecular weight excluding hydrogens is 410 g/mol. The van der Waals surface area contributed by atoms with Gasteiger partial charge >= 0.3 is 0 Å². The molecule has 0 saturated carbocycles. The number of methoxy groups -OCH3 is 1. The highest BCUT2D eigenvalue weighted by Crippen LogP contribution is 2.28. The number of hydrogen-bond donors (Lipinski definition) is 3. The maximum absolute atomic E-state index is 12.1. The minimum atomic E-state index is -0.153. The van der Waals surface area contributed by atoms with Crippen molar-refractivity contribution < 1.29 is 14.3 Å². The number of ether oxygens (including phenoxy) is 1. The molecule has 0 spiro atoms. The van der Waals surface area contributed by atoms with Crippen LogP contribution in [0.1, 0.15) is 6.92 Å². The summed E-state index contributed by atoms with van der Waals surface area (Å²) in [4.78, 5) is 23.2. The monoisotopic (exact) mass is 429 g/mol. The van der Waals surface area contributed by atoms with Gasteiger partial charge in [0.15, 0.2) is 4.34 Å². The zero-order chi connectivity index (χ0) is 20.6. The smallest absolute Gasteiger partial charge is 0.234 e. The van der Waals surface area contributed by atoms with E-state index in [1.807, 2.05) is 24.3 Å². The van der Waals surface area contributed by atoms with Crippen molar-refractivity contribution in [3.8, 4) is 5.75 Å². The molecule has 2 amide bonds. The molecule has 0 radical (unpaired) electrons. The molecule has 150 valence electrons. The lowest BCUT2D eigenvalue weighted by atomic mass is 10.3. The molecule has 10 heteroatoms. The molecule has 8 nitrogen and oxygen atoms in total. The van der Waals surface area contributed by atoms with E-state index in [1.54, 1.807) is 31.4 Å². The fourth-order valence-electron chi connectivity index (χ4n) is 2.31. The zero-order valence-electron chi connectivity index (χ0n) is 15.8. The number of carbonyl (C=O) groups excluding carboxylic acids is 2. The highest BCUT2D eigenvalue weighted by atomic mass is 32.2. The van der Waals surface area contributed by atoms with Crippen LogP contribution < -0.4 is 20.7 Å². The second-order valence-electron chi connectivity index (χ2n) is 5.83. The van der Waals surface area contributed by atoms with Crippen molar-refractivity contribution in [2.24, 2.45) is 0 Å². The highest BCUT2D eigenvalue weighted by Gasteiger charge is 2.09. The third-order valence-corrected chi connectivity index (χ3v) is 5.52. The highest BCUT2D eigenvalue weighted by molar-refractivity contribution is 8.01. The summed E-state index contributed by atoms with van der Waals surface area (Å²) in [6.07, 6.45) is 0. The van der Waals surface area contributed by atoms with Gasteiger partial charge in [0.05, 0.1) is 12.9 Å². The van der Waals surface area contributed by atoms with Crippen LogP contribution in [-0.4, -0.2) is 34.9 Å². The molecule has 3 aromatic rings. The molecule has 3 N–H and O–H groups in total. The van der Waals surface area contributed by atoms with E-state index in [2.05, 4.69) is 26.1 Å². The minimum absolute atomic E-state index is 0.143. The third-order valence-electron chi connectivity index (χ3n) is 3.54. The molecule has 1 heterocycles. The summed E-state index contributed by atoms with van der Waals surface area (Å²) >= 11 is 2.68. The first-order valence-corrected chi connectivity index (χ1v) is 10.4. The fourth-order valence-corrected chi connectivity index (χ4v) is 3.88. The van der Waals surface area contributed by atoms with Crippen molar-refractivity contribution in [1.29, 1.82) is 0 Å². The second kappa shape index (κ2) is 9.89. The Kier molecular flexibility index (Phi) is 7.04. The summed E-state index contributed by atoms with van der Waals surface area (Å²) in [5.41, 5.74) is 2.18. The predicted octanol–water partition coefficient (Wildman–Crippen LogP) is 3.98. The summed E-state index contributed by atoms with van der Waals surface area (Å²) in [6, 6.07) is 14.4. The number of amides is 2. The molecule has 0 fully saturated rings. The Hall–Kier alpha value is -3.11. The van der Waals surface area contributed by atoms with Gasteiger partial charge in [-0.2, -0.15) is 0 Å². The number of aromatic nitrogens is 2. The molecule has 0 aliphatic heterocycles. The van der Waals surface area contributed by atoms with Gasteiger partial charge < -0.3 is 20.7 Å². The van der Waals surface area contributed by atoms with E-state index in [-0.39, 0.29) is 17.6 Å². The lowest BCUT2D eigenvalue weighted by Crippen LogP contribution is -2.14. The molecular formula is C19H19N5O3S2. The number of rotatable bonds is 8. The fraction of sp³-hybridized carbons (Fsp3) is 0.158. The van der Waals surface area contributed by atoms with Crippen molar-refractivity contribution in [2.45, 2.75) is 11.3 Å². The third kappa shape index (κ3) is 6.47. The van der Waals surface area contributed by atoms with Crippen LogP contribution in [0.4, 0.5) is 22.2 Å². The van der Waals surface area contributed by atoms with Gasteiger partial charge in [-0.3, -0.25) is 9.59 Å². The summed E-state index contributed by atoms with van der Waals surface area (Å²) in [6.45, 7) is 1.44. The molecule has 0 aliphatic carbocycles. The number of thioether (sulfide) groups is 1. The summed E-state index contributed by atoms with van der Waals surface area (Å²) < 4.78 is 5.88. The first-order valence-electron chi connectivity index (χ1n) is 8.57. The average Bonchev–Trinajstić information content (AvgIpc) is 3.15. The number of hydrogen-bond acceptors (Lipinski definition) is 8. The number of benzene rings is 2. The standard InChI is InChI=1S/C19H19N5O3S2/c1-12(25)20-13-6-8-14(9-7-13)21-17(26)11-28-19-24-23-18(29-19)22-15-4-3-5-16(10-15)27-2/h3-10H,11H2,1-2H3,(H,20,25)(H,21,26)(H,22,23). The van der Waals surface area contributed by atoms with Crippen molar-refractivity contribution in [3.63, 3.8) is 0 Å². The first-order chi connectivity index (χ1) is 14.0. The van der Waals surface area contributed by atoms with Crippen molar-refractivity contribution in [1.82, 2.24) is 10.2 Å². The normalized spacial score (nSPS) is 10.3. The van der Waals surface area contributed by atoms with Crippen LogP contribution in [0, 0.1) is 0 Å². The predicted molar refractivity (Wildman–Crippen MR) is 116 cm³/mol. The van der Waals surface area contributed by atoms with Crippen LogP contribution in [0.25, 0.3) is 0 Å². The van der Waals surface area contributed by atoms with Crippen LogP contribution in [0.5, 0.6) is 5.75 Å². The largest absolute Gasteiger partial charge is 0.497 e. The molecule has 0 atom stereocenters. The van der Waals surface area contributed by atoms with Gasteiger partial charge in [0.2, 0.25) is 16.9 Å². The number of carbonyl (C=O) groups is 2.